The van der Waals surface area contributed by atoms with E-state index >= 15 is 0 Å². The maximum Gasteiger partial charge on any atom is 0.243 e. The first-order chi connectivity index (χ1) is 9.80. The zero-order valence-corrected chi connectivity index (χ0v) is 14.0. The van der Waals surface area contributed by atoms with Crippen LogP contribution < -0.4 is 0 Å². The van der Waals surface area contributed by atoms with Gasteiger partial charge in [0.2, 0.25) is 10.0 Å². The standard InChI is InChI=1S/C13H11Cl3N2O2S/c1-18(8-9-2-3-10(14)6-12(9)15)21(19,20)11-4-5-17-13(16)7-11/h2-7H,8H2,1H3. The van der Waals surface area contributed by atoms with Crippen LogP contribution in [-0.2, 0) is 16.6 Å². The molecular formula is C13H11Cl3N2O2S. The Labute approximate surface area is 138 Å². The molecule has 0 saturated carbocycles. The van der Waals surface area contributed by atoms with E-state index in [2.05, 4.69) is 4.98 Å². The number of sulfonamides is 1. The fourth-order valence-corrected chi connectivity index (χ4v) is 3.57. The normalized spacial score (nSPS) is 11.9. The lowest BCUT2D eigenvalue weighted by atomic mass is 10.2. The Kier molecular flexibility index (Phi) is 5.11. The molecule has 0 bridgehead atoms. The largest absolute Gasteiger partial charge is 0.244 e. The van der Waals surface area contributed by atoms with Crippen LogP contribution in [-0.4, -0.2) is 24.8 Å². The molecule has 0 fully saturated rings. The van der Waals surface area contributed by atoms with Gasteiger partial charge in [0.15, 0.2) is 0 Å². The van der Waals surface area contributed by atoms with Crippen molar-refractivity contribution in [2.45, 2.75) is 11.4 Å². The summed E-state index contributed by atoms with van der Waals surface area (Å²) in [6, 6.07) is 7.61. The van der Waals surface area contributed by atoms with Gasteiger partial charge in [0.25, 0.3) is 0 Å². The number of hydrogen-bond acceptors (Lipinski definition) is 3. The van der Waals surface area contributed by atoms with Gasteiger partial charge in [-0.15, -0.1) is 0 Å². The van der Waals surface area contributed by atoms with Gasteiger partial charge in [-0.1, -0.05) is 40.9 Å². The van der Waals surface area contributed by atoms with E-state index in [1.165, 1.54) is 29.7 Å². The molecule has 21 heavy (non-hydrogen) atoms. The van der Waals surface area contributed by atoms with Crippen molar-refractivity contribution in [2.24, 2.45) is 0 Å². The summed E-state index contributed by atoms with van der Waals surface area (Å²) < 4.78 is 26.1. The molecule has 4 nitrogen and oxygen atoms in total. The van der Waals surface area contributed by atoms with Gasteiger partial charge in [-0.05, 0) is 29.8 Å². The topological polar surface area (TPSA) is 50.3 Å². The molecule has 1 heterocycles. The third-order valence-electron chi connectivity index (χ3n) is 2.81. The molecule has 0 aliphatic rings. The van der Waals surface area contributed by atoms with E-state index in [0.29, 0.717) is 15.6 Å². The monoisotopic (exact) mass is 364 g/mol. The van der Waals surface area contributed by atoms with Crippen LogP contribution in [0.15, 0.2) is 41.4 Å². The minimum absolute atomic E-state index is 0.0788. The zero-order chi connectivity index (χ0) is 15.6. The Morgan fingerprint density at radius 3 is 2.48 bits per heavy atom. The van der Waals surface area contributed by atoms with Crippen LogP contribution in [0.5, 0.6) is 0 Å². The summed E-state index contributed by atoms with van der Waals surface area (Å²) in [4.78, 5) is 3.85. The molecule has 0 aliphatic carbocycles. The number of halogens is 3. The van der Waals surface area contributed by atoms with E-state index in [1.54, 1.807) is 18.2 Å². The Morgan fingerprint density at radius 2 is 1.86 bits per heavy atom. The molecule has 2 rings (SSSR count). The summed E-state index contributed by atoms with van der Waals surface area (Å²) in [5.41, 5.74) is 0.660. The number of pyridine rings is 1. The van der Waals surface area contributed by atoms with E-state index in [0.717, 1.165) is 0 Å². The van der Waals surface area contributed by atoms with Crippen LogP contribution >= 0.6 is 34.8 Å². The van der Waals surface area contributed by atoms with Gasteiger partial charge in [-0.3, -0.25) is 0 Å². The highest BCUT2D eigenvalue weighted by atomic mass is 35.5. The molecule has 0 N–H and O–H groups in total. The average Bonchev–Trinajstić information content (AvgIpc) is 2.41. The molecule has 0 atom stereocenters. The smallest absolute Gasteiger partial charge is 0.243 e. The lowest BCUT2D eigenvalue weighted by Crippen LogP contribution is -2.26. The van der Waals surface area contributed by atoms with Gasteiger partial charge in [-0.25, -0.2) is 13.4 Å². The Bertz CT molecular complexity index is 766. The van der Waals surface area contributed by atoms with Crippen LogP contribution in [0.3, 0.4) is 0 Å². The summed E-state index contributed by atoms with van der Waals surface area (Å²) in [5.74, 6) is 0. The summed E-state index contributed by atoms with van der Waals surface area (Å²) >= 11 is 17.6. The van der Waals surface area contributed by atoms with Gasteiger partial charge >= 0.3 is 0 Å². The second-order valence-corrected chi connectivity index (χ2v) is 7.59. The van der Waals surface area contributed by atoms with Crippen molar-refractivity contribution >= 4 is 44.8 Å². The summed E-state index contributed by atoms with van der Waals surface area (Å²) in [5, 5.41) is 1.03. The highest BCUT2D eigenvalue weighted by Gasteiger charge is 2.22. The van der Waals surface area contributed by atoms with Gasteiger partial charge in [0.05, 0.1) is 4.90 Å². The van der Waals surface area contributed by atoms with E-state index in [4.69, 9.17) is 34.8 Å². The highest BCUT2D eigenvalue weighted by Crippen LogP contribution is 2.24. The summed E-state index contributed by atoms with van der Waals surface area (Å²) in [6.07, 6.45) is 1.35. The van der Waals surface area contributed by atoms with Crippen molar-refractivity contribution in [3.8, 4) is 0 Å². The van der Waals surface area contributed by atoms with E-state index in [9.17, 15) is 8.42 Å². The highest BCUT2D eigenvalue weighted by molar-refractivity contribution is 7.89. The van der Waals surface area contributed by atoms with Gasteiger partial charge in [0.1, 0.15) is 5.15 Å². The van der Waals surface area contributed by atoms with Crippen LogP contribution in [0, 0.1) is 0 Å². The first-order valence-electron chi connectivity index (χ1n) is 5.82. The van der Waals surface area contributed by atoms with Crippen molar-refractivity contribution in [3.05, 3.63) is 57.3 Å². The third kappa shape index (κ3) is 3.87. The van der Waals surface area contributed by atoms with E-state index in [1.807, 2.05) is 0 Å². The molecule has 0 spiro atoms. The molecule has 112 valence electrons. The van der Waals surface area contributed by atoms with Crippen molar-refractivity contribution in [2.75, 3.05) is 7.05 Å². The lowest BCUT2D eigenvalue weighted by molar-refractivity contribution is 0.466. The maximum atomic E-state index is 12.4. The molecule has 8 heteroatoms. The first kappa shape index (κ1) is 16.5. The molecular weight excluding hydrogens is 355 g/mol. The van der Waals surface area contributed by atoms with E-state index in [-0.39, 0.29) is 16.6 Å². The first-order valence-corrected chi connectivity index (χ1v) is 8.40. The molecule has 0 amide bonds. The molecule has 2 aromatic rings. The Morgan fingerprint density at radius 1 is 1.14 bits per heavy atom. The minimum Gasteiger partial charge on any atom is -0.244 e. The summed E-state index contributed by atoms with van der Waals surface area (Å²) in [7, 11) is -2.20. The lowest BCUT2D eigenvalue weighted by Gasteiger charge is -2.18. The van der Waals surface area contributed by atoms with Gasteiger partial charge in [0, 0.05) is 29.8 Å². The molecule has 0 unspecified atom stereocenters. The average molecular weight is 366 g/mol. The van der Waals surface area contributed by atoms with Crippen LogP contribution in [0.25, 0.3) is 0 Å². The molecule has 1 aromatic heterocycles. The molecule has 0 saturated heterocycles. The summed E-state index contributed by atoms with van der Waals surface area (Å²) in [6.45, 7) is 0.123. The Hall–Kier alpha value is -0.850. The SMILES string of the molecule is CN(Cc1ccc(Cl)cc1Cl)S(=O)(=O)c1ccnc(Cl)c1. The van der Waals surface area contributed by atoms with Crippen molar-refractivity contribution in [1.29, 1.82) is 0 Å². The van der Waals surface area contributed by atoms with Crippen LogP contribution in [0.4, 0.5) is 0 Å². The third-order valence-corrected chi connectivity index (χ3v) is 5.41. The van der Waals surface area contributed by atoms with Crippen LogP contribution in [0.1, 0.15) is 5.56 Å². The fourth-order valence-electron chi connectivity index (χ4n) is 1.70. The predicted octanol–water partition coefficient (Wildman–Crippen LogP) is 3.86. The minimum atomic E-state index is -3.67. The van der Waals surface area contributed by atoms with Gasteiger partial charge < -0.3 is 0 Å². The quantitative estimate of drug-likeness (QED) is 0.773. The second-order valence-electron chi connectivity index (χ2n) is 4.31. The number of hydrogen-bond donors (Lipinski definition) is 0. The van der Waals surface area contributed by atoms with Gasteiger partial charge in [-0.2, -0.15) is 4.31 Å². The number of aromatic nitrogens is 1. The number of nitrogens with zero attached hydrogens (tertiary/aromatic N) is 2. The van der Waals surface area contributed by atoms with Crippen molar-refractivity contribution < 1.29 is 8.42 Å². The number of rotatable bonds is 4. The second kappa shape index (κ2) is 6.50. The zero-order valence-electron chi connectivity index (χ0n) is 10.9. The van der Waals surface area contributed by atoms with Crippen LogP contribution in [0.2, 0.25) is 15.2 Å². The Balaban J connectivity index is 2.28. The fraction of sp³-hybridized carbons (Fsp3) is 0.154. The molecule has 0 aliphatic heterocycles. The van der Waals surface area contributed by atoms with E-state index < -0.39 is 10.0 Å². The predicted molar refractivity (Wildman–Crippen MR) is 84.4 cm³/mol. The number of benzene rings is 1. The van der Waals surface area contributed by atoms with Crippen molar-refractivity contribution in [3.63, 3.8) is 0 Å². The van der Waals surface area contributed by atoms with Crippen molar-refractivity contribution in [1.82, 2.24) is 9.29 Å². The molecule has 1 aromatic carbocycles. The molecule has 0 radical (unpaired) electrons. The maximum absolute atomic E-state index is 12.4.